The lowest BCUT2D eigenvalue weighted by atomic mass is 9.87. The summed E-state index contributed by atoms with van der Waals surface area (Å²) in [5.74, 6) is -7.31. The standard InChI is InChI=1S/C25H28ClNO9/c1-24(32-2,33-3)36-23(31)25(22(29)30)34-20-11-14-7-8-18(10-16(14)12-21(20)35-25)27-13-19(28)15-5-4-6-17(26)9-15/h4-6,9,11-12,18-19,27-28H,7-8,10,13H2,1-3H3,(H,29,30)/t18-,19-,25?/m0/s1. The van der Waals surface area contributed by atoms with E-state index in [9.17, 15) is 19.8 Å². The summed E-state index contributed by atoms with van der Waals surface area (Å²) >= 11 is 6.01. The second-order valence-electron chi connectivity index (χ2n) is 8.77. The summed E-state index contributed by atoms with van der Waals surface area (Å²) in [6.45, 7) is 1.65. The van der Waals surface area contributed by atoms with Crippen molar-refractivity contribution in [2.75, 3.05) is 20.8 Å². The number of aliphatic carboxylic acids is 1. The Labute approximate surface area is 213 Å². The predicted molar refractivity (Wildman–Crippen MR) is 127 cm³/mol. The predicted octanol–water partition coefficient (Wildman–Crippen LogP) is 2.58. The molecular formula is C25H28ClNO9. The fraction of sp³-hybridized carbons (Fsp3) is 0.440. The van der Waals surface area contributed by atoms with Gasteiger partial charge in [-0.05, 0) is 60.2 Å². The summed E-state index contributed by atoms with van der Waals surface area (Å²) in [5.41, 5.74) is 2.61. The van der Waals surface area contributed by atoms with Crippen molar-refractivity contribution in [1.29, 1.82) is 0 Å². The molecule has 0 aromatic heterocycles. The SMILES string of the molecule is COC(C)(OC)OC(=O)C1(C(=O)O)Oc2cc3c(cc2O1)C[C@@H](NC[C@H](O)c1cccc(Cl)c1)CC3. The maximum absolute atomic E-state index is 12.8. The molecule has 1 aliphatic heterocycles. The molecular weight excluding hydrogens is 494 g/mol. The molecule has 36 heavy (non-hydrogen) atoms. The summed E-state index contributed by atoms with van der Waals surface area (Å²) in [7, 11) is 2.48. The third-order valence-electron chi connectivity index (χ3n) is 6.41. The number of carboxylic acids is 1. The maximum Gasteiger partial charge on any atom is 0.453 e. The van der Waals surface area contributed by atoms with E-state index in [-0.39, 0.29) is 17.5 Å². The Hall–Kier alpha value is -2.89. The van der Waals surface area contributed by atoms with E-state index in [1.165, 1.54) is 21.1 Å². The molecule has 3 N–H and O–H groups in total. The minimum Gasteiger partial charge on any atom is -0.475 e. The number of fused-ring (bicyclic) bond motifs is 2. The van der Waals surface area contributed by atoms with Crippen LogP contribution in [0, 0.1) is 0 Å². The van der Waals surface area contributed by atoms with Gasteiger partial charge in [-0.25, -0.2) is 9.59 Å². The van der Waals surface area contributed by atoms with Crippen LogP contribution >= 0.6 is 11.6 Å². The first-order valence-electron chi connectivity index (χ1n) is 11.4. The zero-order valence-corrected chi connectivity index (χ0v) is 20.8. The zero-order valence-electron chi connectivity index (χ0n) is 20.1. The van der Waals surface area contributed by atoms with E-state index in [0.29, 0.717) is 24.4 Å². The molecule has 194 valence electrons. The first-order valence-corrected chi connectivity index (χ1v) is 11.7. The lowest BCUT2D eigenvalue weighted by molar-refractivity contribution is -0.340. The minimum atomic E-state index is -2.73. The molecule has 0 radical (unpaired) electrons. The molecule has 4 rings (SSSR count). The van der Waals surface area contributed by atoms with Gasteiger partial charge in [-0.3, -0.25) is 0 Å². The third-order valence-corrected chi connectivity index (χ3v) is 6.64. The second kappa shape index (κ2) is 10.2. The molecule has 11 heteroatoms. The molecule has 2 aromatic rings. The fourth-order valence-electron chi connectivity index (χ4n) is 4.20. The molecule has 0 bridgehead atoms. The van der Waals surface area contributed by atoms with E-state index >= 15 is 0 Å². The Morgan fingerprint density at radius 2 is 1.86 bits per heavy atom. The van der Waals surface area contributed by atoms with Crippen molar-refractivity contribution in [3.8, 4) is 11.5 Å². The van der Waals surface area contributed by atoms with Crippen LogP contribution in [0.2, 0.25) is 5.02 Å². The van der Waals surface area contributed by atoms with Gasteiger partial charge in [0.15, 0.2) is 11.5 Å². The highest BCUT2D eigenvalue weighted by atomic mass is 35.5. The van der Waals surface area contributed by atoms with Crippen molar-refractivity contribution in [3.63, 3.8) is 0 Å². The van der Waals surface area contributed by atoms with Gasteiger partial charge >= 0.3 is 23.7 Å². The van der Waals surface area contributed by atoms with E-state index in [4.69, 9.17) is 35.3 Å². The van der Waals surface area contributed by atoms with Crippen LogP contribution in [-0.2, 0) is 36.6 Å². The van der Waals surface area contributed by atoms with Crippen molar-refractivity contribution >= 4 is 23.5 Å². The monoisotopic (exact) mass is 521 g/mol. The highest BCUT2D eigenvalue weighted by Gasteiger charge is 2.60. The first-order chi connectivity index (χ1) is 17.1. The number of carboxylic acid groups (broad SMARTS) is 1. The normalized spacial score (nSPS) is 21.5. The number of hydrogen-bond donors (Lipinski definition) is 3. The van der Waals surface area contributed by atoms with E-state index in [1.807, 2.05) is 6.07 Å². The van der Waals surface area contributed by atoms with Crippen LogP contribution in [0.15, 0.2) is 36.4 Å². The number of carbonyl (C=O) groups is 2. The van der Waals surface area contributed by atoms with Crippen molar-refractivity contribution in [3.05, 3.63) is 58.1 Å². The summed E-state index contributed by atoms with van der Waals surface area (Å²) in [4.78, 5) is 24.9. The van der Waals surface area contributed by atoms with Crippen LogP contribution in [0.4, 0.5) is 0 Å². The largest absolute Gasteiger partial charge is 0.475 e. The van der Waals surface area contributed by atoms with Gasteiger partial charge in [0, 0.05) is 38.8 Å². The van der Waals surface area contributed by atoms with Gasteiger partial charge in [0.05, 0.1) is 6.10 Å². The van der Waals surface area contributed by atoms with Gasteiger partial charge in [0.1, 0.15) is 0 Å². The van der Waals surface area contributed by atoms with Gasteiger partial charge in [-0.2, -0.15) is 0 Å². The van der Waals surface area contributed by atoms with Crippen molar-refractivity contribution < 1.29 is 43.5 Å². The number of halogens is 1. The molecule has 3 atom stereocenters. The van der Waals surface area contributed by atoms with Gasteiger partial charge in [0.2, 0.25) is 0 Å². The number of rotatable bonds is 9. The zero-order chi connectivity index (χ0) is 26.1. The van der Waals surface area contributed by atoms with Crippen molar-refractivity contribution in [1.82, 2.24) is 5.32 Å². The highest BCUT2D eigenvalue weighted by Crippen LogP contribution is 2.44. The average molecular weight is 522 g/mol. The molecule has 1 aliphatic carbocycles. The van der Waals surface area contributed by atoms with E-state index in [1.54, 1.807) is 30.3 Å². The Bertz CT molecular complexity index is 1150. The molecule has 0 spiro atoms. The summed E-state index contributed by atoms with van der Waals surface area (Å²) < 4.78 is 26.1. The Kier molecular flexibility index (Phi) is 7.44. The molecule has 2 aliphatic rings. The number of nitrogens with one attached hydrogen (secondary N) is 1. The minimum absolute atomic E-state index is 0.0741. The average Bonchev–Trinajstić information content (AvgIpc) is 3.25. The van der Waals surface area contributed by atoms with Crippen LogP contribution in [0.1, 0.15) is 36.1 Å². The quantitative estimate of drug-likeness (QED) is 0.257. The van der Waals surface area contributed by atoms with Gasteiger partial charge in [-0.1, -0.05) is 23.7 Å². The van der Waals surface area contributed by atoms with Crippen LogP contribution in [0.3, 0.4) is 0 Å². The number of carbonyl (C=O) groups excluding carboxylic acids is 1. The Morgan fingerprint density at radius 3 is 2.47 bits per heavy atom. The highest BCUT2D eigenvalue weighted by molar-refractivity contribution is 6.30. The molecule has 0 fully saturated rings. The Balaban J connectivity index is 1.46. The number of ether oxygens (including phenoxy) is 5. The van der Waals surface area contributed by atoms with Gasteiger partial charge in [-0.15, -0.1) is 0 Å². The van der Waals surface area contributed by atoms with E-state index < -0.39 is 29.8 Å². The first kappa shape index (κ1) is 26.2. The molecule has 0 amide bonds. The topological polar surface area (TPSA) is 133 Å². The number of esters is 1. The van der Waals surface area contributed by atoms with E-state index in [2.05, 4.69) is 5.32 Å². The summed E-state index contributed by atoms with van der Waals surface area (Å²) in [6, 6.07) is 10.5. The molecule has 0 saturated heterocycles. The molecule has 10 nitrogen and oxygen atoms in total. The smallest absolute Gasteiger partial charge is 0.453 e. The molecule has 1 unspecified atom stereocenters. The van der Waals surface area contributed by atoms with Crippen LogP contribution < -0.4 is 14.8 Å². The number of methoxy groups -OCH3 is 2. The summed E-state index contributed by atoms with van der Waals surface area (Å²) in [5, 5.41) is 24.3. The number of aliphatic hydroxyl groups excluding tert-OH is 1. The number of aliphatic hydroxyl groups is 1. The third kappa shape index (κ3) is 5.14. The van der Waals surface area contributed by atoms with Crippen LogP contribution in [0.5, 0.6) is 11.5 Å². The van der Waals surface area contributed by atoms with Crippen LogP contribution in [0.25, 0.3) is 0 Å². The number of aryl methyl sites for hydroxylation is 1. The van der Waals surface area contributed by atoms with Crippen molar-refractivity contribution in [2.24, 2.45) is 0 Å². The number of hydrogen-bond acceptors (Lipinski definition) is 9. The Morgan fingerprint density at radius 1 is 1.19 bits per heavy atom. The van der Waals surface area contributed by atoms with Crippen LogP contribution in [-0.4, -0.2) is 60.7 Å². The molecule has 1 heterocycles. The van der Waals surface area contributed by atoms with Crippen molar-refractivity contribution in [2.45, 2.75) is 50.1 Å². The maximum atomic E-state index is 12.8. The lowest BCUT2D eigenvalue weighted by Gasteiger charge is -2.29. The van der Waals surface area contributed by atoms with Gasteiger partial charge < -0.3 is 39.2 Å². The lowest BCUT2D eigenvalue weighted by Crippen LogP contribution is -2.57. The fourth-order valence-corrected chi connectivity index (χ4v) is 4.40. The van der Waals surface area contributed by atoms with E-state index in [0.717, 1.165) is 23.1 Å². The molecule has 0 saturated carbocycles. The molecule has 2 aromatic carbocycles. The van der Waals surface area contributed by atoms with Gasteiger partial charge in [0.25, 0.3) is 0 Å². The summed E-state index contributed by atoms with van der Waals surface area (Å²) in [6.07, 6.45) is 1.38. The number of benzene rings is 2. The second-order valence-corrected chi connectivity index (χ2v) is 9.21.